The van der Waals surface area contributed by atoms with Crippen LogP contribution in [0.4, 0.5) is 0 Å². The van der Waals surface area contributed by atoms with Gasteiger partial charge in [-0.05, 0) is 27.7 Å². The fourth-order valence-electron chi connectivity index (χ4n) is 0.477. The van der Waals surface area contributed by atoms with Crippen LogP contribution >= 0.6 is 0 Å². The van der Waals surface area contributed by atoms with E-state index in [-0.39, 0.29) is 6.61 Å². The SMILES string of the molecule is CCOCC(C)(O)C(C)(C)O. The van der Waals surface area contributed by atoms with Crippen molar-refractivity contribution in [3.63, 3.8) is 0 Å². The largest absolute Gasteiger partial charge is 0.387 e. The molecule has 0 aromatic heterocycles. The second-order valence-corrected chi connectivity index (χ2v) is 3.47. The summed E-state index contributed by atoms with van der Waals surface area (Å²) in [6.45, 7) is 7.24. The van der Waals surface area contributed by atoms with Gasteiger partial charge in [-0.15, -0.1) is 0 Å². The van der Waals surface area contributed by atoms with Gasteiger partial charge < -0.3 is 14.9 Å². The van der Waals surface area contributed by atoms with Gasteiger partial charge in [0.2, 0.25) is 0 Å². The van der Waals surface area contributed by atoms with Crippen molar-refractivity contribution >= 4 is 0 Å². The van der Waals surface area contributed by atoms with Gasteiger partial charge in [0.05, 0.1) is 12.2 Å². The first-order valence-corrected chi connectivity index (χ1v) is 3.84. The van der Waals surface area contributed by atoms with E-state index in [1.165, 1.54) is 0 Å². The molecule has 0 aliphatic heterocycles. The Balaban J connectivity index is 4.00. The Morgan fingerprint density at radius 2 is 1.64 bits per heavy atom. The molecule has 0 rings (SSSR count). The highest BCUT2D eigenvalue weighted by atomic mass is 16.5. The molecule has 11 heavy (non-hydrogen) atoms. The lowest BCUT2D eigenvalue weighted by Gasteiger charge is -2.35. The molecule has 0 saturated carbocycles. The summed E-state index contributed by atoms with van der Waals surface area (Å²) >= 11 is 0. The Labute approximate surface area is 68.0 Å². The van der Waals surface area contributed by atoms with Crippen LogP contribution in [0.1, 0.15) is 27.7 Å². The summed E-state index contributed by atoms with van der Waals surface area (Å²) < 4.78 is 5.01. The molecular formula is C8H18O3. The van der Waals surface area contributed by atoms with Gasteiger partial charge in [0.1, 0.15) is 5.60 Å². The Hall–Kier alpha value is -0.120. The molecule has 0 heterocycles. The minimum Gasteiger partial charge on any atom is -0.387 e. The van der Waals surface area contributed by atoms with E-state index in [2.05, 4.69) is 0 Å². The maximum atomic E-state index is 9.61. The average Bonchev–Trinajstić information content (AvgIpc) is 1.81. The maximum absolute atomic E-state index is 9.61. The van der Waals surface area contributed by atoms with Gasteiger partial charge >= 0.3 is 0 Å². The monoisotopic (exact) mass is 162 g/mol. The van der Waals surface area contributed by atoms with Crippen LogP contribution in [0, 0.1) is 0 Å². The van der Waals surface area contributed by atoms with E-state index in [0.717, 1.165) is 0 Å². The lowest BCUT2D eigenvalue weighted by atomic mass is 9.89. The standard InChI is InChI=1S/C8H18O3/c1-5-11-6-8(4,10)7(2,3)9/h9-10H,5-6H2,1-4H3. The quantitative estimate of drug-likeness (QED) is 0.634. The molecule has 1 atom stereocenters. The van der Waals surface area contributed by atoms with Gasteiger partial charge in [0, 0.05) is 6.61 Å². The van der Waals surface area contributed by atoms with E-state index < -0.39 is 11.2 Å². The summed E-state index contributed by atoms with van der Waals surface area (Å²) in [6, 6.07) is 0. The predicted octanol–water partition coefficient (Wildman–Crippen LogP) is 0.545. The van der Waals surface area contributed by atoms with Gasteiger partial charge in [-0.2, -0.15) is 0 Å². The van der Waals surface area contributed by atoms with Crippen LogP contribution in [0.15, 0.2) is 0 Å². The molecule has 68 valence electrons. The van der Waals surface area contributed by atoms with E-state index in [9.17, 15) is 10.2 Å². The van der Waals surface area contributed by atoms with Gasteiger partial charge in [-0.3, -0.25) is 0 Å². The normalized spacial score (nSPS) is 18.0. The molecule has 0 fully saturated rings. The Morgan fingerprint density at radius 3 is 1.91 bits per heavy atom. The van der Waals surface area contributed by atoms with Crippen molar-refractivity contribution in [2.24, 2.45) is 0 Å². The third kappa shape index (κ3) is 3.18. The second-order valence-electron chi connectivity index (χ2n) is 3.47. The Morgan fingerprint density at radius 1 is 1.18 bits per heavy atom. The van der Waals surface area contributed by atoms with Crippen LogP contribution in [-0.2, 0) is 4.74 Å². The predicted molar refractivity (Wildman–Crippen MR) is 43.4 cm³/mol. The van der Waals surface area contributed by atoms with Crippen LogP contribution in [0.2, 0.25) is 0 Å². The molecule has 3 heteroatoms. The summed E-state index contributed by atoms with van der Waals surface area (Å²) in [5, 5.41) is 19.0. The van der Waals surface area contributed by atoms with Crippen molar-refractivity contribution in [3.8, 4) is 0 Å². The van der Waals surface area contributed by atoms with Crippen LogP contribution in [-0.4, -0.2) is 34.6 Å². The van der Waals surface area contributed by atoms with Crippen LogP contribution in [0.3, 0.4) is 0 Å². The molecule has 2 N–H and O–H groups in total. The zero-order chi connectivity index (χ0) is 9.12. The Kier molecular flexibility index (Phi) is 3.48. The number of aliphatic hydroxyl groups is 2. The Bertz CT molecular complexity index is 113. The smallest absolute Gasteiger partial charge is 0.113 e. The zero-order valence-corrected chi connectivity index (χ0v) is 7.72. The highest BCUT2D eigenvalue weighted by Crippen LogP contribution is 2.20. The molecule has 0 bridgehead atoms. The molecule has 0 aromatic carbocycles. The highest BCUT2D eigenvalue weighted by Gasteiger charge is 2.37. The first-order chi connectivity index (χ1) is 4.81. The van der Waals surface area contributed by atoms with Gasteiger partial charge in [0.25, 0.3) is 0 Å². The fourth-order valence-corrected chi connectivity index (χ4v) is 0.477. The van der Waals surface area contributed by atoms with Crippen molar-refractivity contribution in [1.29, 1.82) is 0 Å². The van der Waals surface area contributed by atoms with E-state index >= 15 is 0 Å². The molecule has 1 unspecified atom stereocenters. The first kappa shape index (κ1) is 10.9. The van der Waals surface area contributed by atoms with Crippen molar-refractivity contribution < 1.29 is 14.9 Å². The lowest BCUT2D eigenvalue weighted by molar-refractivity contribution is -0.152. The number of hydrogen-bond donors (Lipinski definition) is 2. The minimum absolute atomic E-state index is 0.160. The average molecular weight is 162 g/mol. The second kappa shape index (κ2) is 3.52. The topological polar surface area (TPSA) is 49.7 Å². The molecule has 0 spiro atoms. The van der Waals surface area contributed by atoms with Gasteiger partial charge in [-0.1, -0.05) is 0 Å². The summed E-state index contributed by atoms with van der Waals surface area (Å²) in [5.41, 5.74) is -2.30. The molecule has 0 radical (unpaired) electrons. The summed E-state index contributed by atoms with van der Waals surface area (Å²) in [4.78, 5) is 0. The molecule has 0 aromatic rings. The van der Waals surface area contributed by atoms with Crippen LogP contribution in [0.5, 0.6) is 0 Å². The van der Waals surface area contributed by atoms with Crippen molar-refractivity contribution in [3.05, 3.63) is 0 Å². The summed E-state index contributed by atoms with van der Waals surface area (Å²) in [7, 11) is 0. The third-order valence-electron chi connectivity index (χ3n) is 1.91. The molecule has 3 nitrogen and oxygen atoms in total. The molecular weight excluding hydrogens is 144 g/mol. The van der Waals surface area contributed by atoms with Crippen LogP contribution in [0.25, 0.3) is 0 Å². The van der Waals surface area contributed by atoms with Crippen LogP contribution < -0.4 is 0 Å². The van der Waals surface area contributed by atoms with E-state index in [0.29, 0.717) is 6.61 Å². The number of rotatable bonds is 4. The summed E-state index contributed by atoms with van der Waals surface area (Å²) in [6.07, 6.45) is 0. The minimum atomic E-state index is -1.18. The maximum Gasteiger partial charge on any atom is 0.113 e. The highest BCUT2D eigenvalue weighted by molar-refractivity contribution is 4.89. The number of ether oxygens (including phenoxy) is 1. The van der Waals surface area contributed by atoms with E-state index in [1.807, 2.05) is 6.92 Å². The first-order valence-electron chi connectivity index (χ1n) is 3.84. The van der Waals surface area contributed by atoms with Crippen molar-refractivity contribution in [1.82, 2.24) is 0 Å². The van der Waals surface area contributed by atoms with Crippen molar-refractivity contribution in [2.75, 3.05) is 13.2 Å². The van der Waals surface area contributed by atoms with E-state index in [1.54, 1.807) is 20.8 Å². The molecule has 0 amide bonds. The van der Waals surface area contributed by atoms with Gasteiger partial charge in [0.15, 0.2) is 0 Å². The molecule has 0 saturated heterocycles. The number of hydrogen-bond acceptors (Lipinski definition) is 3. The lowest BCUT2D eigenvalue weighted by Crippen LogP contribution is -2.51. The molecule has 0 aliphatic rings. The molecule has 0 aliphatic carbocycles. The third-order valence-corrected chi connectivity index (χ3v) is 1.91. The van der Waals surface area contributed by atoms with E-state index in [4.69, 9.17) is 4.74 Å². The summed E-state index contributed by atoms with van der Waals surface area (Å²) in [5.74, 6) is 0. The van der Waals surface area contributed by atoms with Crippen molar-refractivity contribution in [2.45, 2.75) is 38.9 Å². The fraction of sp³-hybridized carbons (Fsp3) is 1.00. The zero-order valence-electron chi connectivity index (χ0n) is 7.72. The van der Waals surface area contributed by atoms with Gasteiger partial charge in [-0.25, -0.2) is 0 Å².